The van der Waals surface area contributed by atoms with Crippen molar-refractivity contribution >= 4 is 27.2 Å². The van der Waals surface area contributed by atoms with Crippen molar-refractivity contribution in [2.45, 2.75) is 87.5 Å². The third-order valence-corrected chi connectivity index (χ3v) is 7.73. The van der Waals surface area contributed by atoms with Crippen LogP contribution in [0, 0.1) is 37.7 Å². The van der Waals surface area contributed by atoms with E-state index in [4.69, 9.17) is 0 Å². The minimum absolute atomic E-state index is 0. The van der Waals surface area contributed by atoms with E-state index in [2.05, 4.69) is 62.3 Å². The summed E-state index contributed by atoms with van der Waals surface area (Å²) in [6.45, 7) is 16.8. The van der Waals surface area contributed by atoms with Crippen LogP contribution >= 0.6 is 11.3 Å². The average Bonchev–Trinajstić information content (AvgIpc) is 3.22. The summed E-state index contributed by atoms with van der Waals surface area (Å²) in [6, 6.07) is 9.93. The number of rotatable bonds is 10. The molecule has 0 atom stereocenters. The first-order valence-electron chi connectivity index (χ1n) is 13.4. The minimum atomic E-state index is 0. The van der Waals surface area contributed by atoms with Crippen molar-refractivity contribution in [3.05, 3.63) is 64.4 Å². The minimum Gasteiger partial charge on any atom is -0.512 e. The van der Waals surface area contributed by atoms with E-state index in [0.717, 1.165) is 43.4 Å². The van der Waals surface area contributed by atoms with Gasteiger partial charge in [-0.2, -0.15) is 11.3 Å². The van der Waals surface area contributed by atoms with Crippen LogP contribution in [0.3, 0.4) is 0 Å². The predicted octanol–water partition coefficient (Wildman–Crippen LogP) is 9.45. The van der Waals surface area contributed by atoms with E-state index < -0.39 is 0 Å². The van der Waals surface area contributed by atoms with Gasteiger partial charge in [-0.05, 0) is 60.4 Å². The number of nitrogens with zero attached hydrogens (tertiary/aromatic N) is 1. The van der Waals surface area contributed by atoms with Gasteiger partial charge < -0.3 is 10.1 Å². The van der Waals surface area contributed by atoms with Gasteiger partial charge in [0.25, 0.3) is 0 Å². The van der Waals surface area contributed by atoms with Gasteiger partial charge in [0.05, 0.1) is 5.76 Å². The molecule has 1 radical (unpaired) electrons. The van der Waals surface area contributed by atoms with Crippen molar-refractivity contribution in [1.29, 1.82) is 0 Å². The molecule has 0 aliphatic carbocycles. The van der Waals surface area contributed by atoms with Crippen LogP contribution in [0.2, 0.25) is 0 Å². The van der Waals surface area contributed by atoms with Crippen molar-refractivity contribution in [2.24, 2.45) is 17.8 Å². The molecule has 0 unspecified atom stereocenters. The van der Waals surface area contributed by atoms with Gasteiger partial charge in [0.2, 0.25) is 0 Å². The summed E-state index contributed by atoms with van der Waals surface area (Å²) < 4.78 is 1.29. The predicted molar refractivity (Wildman–Crippen MR) is 156 cm³/mol. The topological polar surface area (TPSA) is 50.2 Å². The summed E-state index contributed by atoms with van der Waals surface area (Å²) in [7, 11) is 0. The second-order valence-electron chi connectivity index (χ2n) is 10.1. The number of ketones is 1. The maximum atomic E-state index is 11.7. The van der Waals surface area contributed by atoms with Crippen LogP contribution in [0.4, 0.5) is 0 Å². The Kier molecular flexibility index (Phi) is 14.6. The molecule has 0 aliphatic rings. The SMILES string of the molecule is CCC(CC)C(=O)/C=C(\O)C(CC)CC.Cc1[c-]c(-c2nccc3c(CC(C)C)csc23)cc(C)c1.[Ir]. The molecule has 0 fully saturated rings. The van der Waals surface area contributed by atoms with Gasteiger partial charge >= 0.3 is 0 Å². The van der Waals surface area contributed by atoms with Crippen LogP contribution in [-0.2, 0) is 31.3 Å². The first kappa shape index (κ1) is 33.2. The van der Waals surface area contributed by atoms with Gasteiger partial charge in [-0.1, -0.05) is 55.4 Å². The quantitative estimate of drug-likeness (QED) is 0.130. The fourth-order valence-corrected chi connectivity index (χ4v) is 5.69. The van der Waals surface area contributed by atoms with Gasteiger partial charge in [0.1, 0.15) is 0 Å². The van der Waals surface area contributed by atoms with E-state index in [1.54, 1.807) is 11.3 Å². The molecule has 2 heterocycles. The molecule has 1 N–H and O–H groups in total. The van der Waals surface area contributed by atoms with Crippen molar-refractivity contribution in [3.63, 3.8) is 0 Å². The molecule has 3 nitrogen and oxygen atoms in total. The Hall–Kier alpha value is -1.81. The summed E-state index contributed by atoms with van der Waals surface area (Å²) in [4.78, 5) is 16.3. The van der Waals surface area contributed by atoms with Crippen LogP contribution in [0.25, 0.3) is 21.3 Å². The molecular formula is C32H44IrNO2S-. The number of fused-ring (bicyclic) bond motifs is 1. The zero-order valence-corrected chi connectivity index (χ0v) is 27.0. The fourth-order valence-electron chi connectivity index (χ4n) is 4.61. The molecule has 0 saturated heterocycles. The number of hydrogen-bond acceptors (Lipinski definition) is 4. The van der Waals surface area contributed by atoms with E-state index in [-0.39, 0.29) is 43.5 Å². The van der Waals surface area contributed by atoms with Crippen molar-refractivity contribution in [2.75, 3.05) is 0 Å². The van der Waals surface area contributed by atoms with E-state index in [1.165, 1.54) is 32.9 Å². The largest absolute Gasteiger partial charge is 0.512 e. The second-order valence-corrected chi connectivity index (χ2v) is 11.0. The number of benzene rings is 1. The van der Waals surface area contributed by atoms with E-state index in [0.29, 0.717) is 5.92 Å². The number of thiophene rings is 1. The number of aryl methyl sites for hydroxylation is 2. The molecule has 37 heavy (non-hydrogen) atoms. The van der Waals surface area contributed by atoms with Crippen LogP contribution in [0.1, 0.15) is 83.9 Å². The monoisotopic (exact) mass is 699 g/mol. The smallest absolute Gasteiger partial charge is 0.162 e. The molecule has 3 aromatic rings. The van der Waals surface area contributed by atoms with Gasteiger partial charge in [-0.25, -0.2) is 0 Å². The molecule has 3 rings (SSSR count). The number of allylic oxidation sites excluding steroid dienone is 2. The average molecular weight is 699 g/mol. The summed E-state index contributed by atoms with van der Waals surface area (Å²) in [6.07, 6.45) is 7.96. The van der Waals surface area contributed by atoms with Crippen molar-refractivity contribution in [1.82, 2.24) is 4.98 Å². The van der Waals surface area contributed by atoms with Crippen LogP contribution in [0.5, 0.6) is 0 Å². The summed E-state index contributed by atoms with van der Waals surface area (Å²) in [5.74, 6) is 1.22. The van der Waals surface area contributed by atoms with E-state index in [9.17, 15) is 9.90 Å². The molecule has 0 saturated carbocycles. The molecule has 0 aliphatic heterocycles. The van der Waals surface area contributed by atoms with Crippen LogP contribution < -0.4 is 0 Å². The molecule has 2 aromatic heterocycles. The third kappa shape index (κ3) is 9.46. The Balaban J connectivity index is 0.000000384. The Labute approximate surface area is 242 Å². The third-order valence-electron chi connectivity index (χ3n) is 6.68. The molecule has 1 aromatic carbocycles. The first-order valence-corrected chi connectivity index (χ1v) is 14.3. The normalized spacial score (nSPS) is 11.6. The molecule has 0 amide bonds. The fraction of sp³-hybridized carbons (Fsp3) is 0.500. The molecule has 0 spiro atoms. The standard InChI is InChI=1S/C19H20NS.C13H24O2.Ir/c1-12(2)7-16-11-21-19-17(16)5-6-20-18(19)15-9-13(3)8-14(4)10-15;1-5-10(6-2)12(14)9-13(15)11(7-3)8-4;/h5-6,8-9,11-12H,7H2,1-4H3;9-11,14H,5-8H2,1-4H3;/q-1;;/b;12-9-;. The van der Waals surface area contributed by atoms with Crippen LogP contribution in [-0.4, -0.2) is 15.9 Å². The zero-order chi connectivity index (χ0) is 26.8. The number of pyridine rings is 1. The Morgan fingerprint density at radius 3 is 2.22 bits per heavy atom. The van der Waals surface area contributed by atoms with Crippen molar-refractivity contribution < 1.29 is 30.0 Å². The zero-order valence-electron chi connectivity index (χ0n) is 23.8. The maximum absolute atomic E-state index is 11.7. The summed E-state index contributed by atoms with van der Waals surface area (Å²) in [5, 5.41) is 13.4. The first-order chi connectivity index (χ1) is 17.1. The van der Waals surface area contributed by atoms with Crippen LogP contribution in [0.15, 0.2) is 41.6 Å². The molecule has 5 heteroatoms. The summed E-state index contributed by atoms with van der Waals surface area (Å²) in [5.41, 5.74) is 6.05. The number of carbonyl (C=O) groups is 1. The Morgan fingerprint density at radius 2 is 1.68 bits per heavy atom. The van der Waals surface area contributed by atoms with Gasteiger partial charge in [-0.3, -0.25) is 4.79 Å². The molecule has 205 valence electrons. The number of carbonyl (C=O) groups excluding carboxylic acids is 1. The Bertz CT molecular complexity index is 1140. The molecular weight excluding hydrogens is 655 g/mol. The van der Waals surface area contributed by atoms with Crippen molar-refractivity contribution in [3.8, 4) is 11.3 Å². The van der Waals surface area contributed by atoms with E-state index >= 15 is 0 Å². The molecule has 0 bridgehead atoms. The number of hydrogen-bond donors (Lipinski definition) is 1. The van der Waals surface area contributed by atoms with Gasteiger partial charge in [0.15, 0.2) is 5.78 Å². The Morgan fingerprint density at radius 1 is 1.05 bits per heavy atom. The van der Waals surface area contributed by atoms with Gasteiger partial charge in [-0.15, -0.1) is 34.9 Å². The number of aliphatic hydroxyl groups is 1. The number of aromatic nitrogens is 1. The second kappa shape index (κ2) is 16.2. The van der Waals surface area contributed by atoms with E-state index in [1.807, 2.05) is 33.9 Å². The number of aliphatic hydroxyl groups excluding tert-OH is 1. The maximum Gasteiger partial charge on any atom is 0.162 e. The van der Waals surface area contributed by atoms with Gasteiger partial charge in [0, 0.05) is 54.6 Å². The summed E-state index contributed by atoms with van der Waals surface area (Å²) >= 11 is 1.81.